The first-order chi connectivity index (χ1) is 15.0. The van der Waals surface area contributed by atoms with Gasteiger partial charge in [-0.25, -0.2) is 9.37 Å². The quantitative estimate of drug-likeness (QED) is 0.297. The van der Waals surface area contributed by atoms with Gasteiger partial charge < -0.3 is 21.5 Å². The van der Waals surface area contributed by atoms with E-state index >= 15 is 0 Å². The molecule has 2 heterocycles. The minimum absolute atomic E-state index is 0.311. The van der Waals surface area contributed by atoms with Gasteiger partial charge in [0.25, 0.3) is 0 Å². The van der Waals surface area contributed by atoms with Crippen LogP contribution in [0.1, 0.15) is 61.8 Å². The van der Waals surface area contributed by atoms with Gasteiger partial charge in [-0.05, 0) is 61.4 Å². The van der Waals surface area contributed by atoms with E-state index in [1.165, 1.54) is 24.1 Å². The fraction of sp³-hybridized carbons (Fsp3) is 0.500. The number of aromatic nitrogens is 1. The minimum Gasteiger partial charge on any atom is -0.480 e. The Labute approximate surface area is 183 Å². The summed E-state index contributed by atoms with van der Waals surface area (Å²) in [6.07, 6.45) is 8.97. The number of nitrogen functional groups attached to an aromatic ring is 1. The van der Waals surface area contributed by atoms with E-state index in [2.05, 4.69) is 22.8 Å². The number of fused-ring (bicyclic) bond motifs is 1. The number of aryl methyl sites for hydroxylation is 2. The summed E-state index contributed by atoms with van der Waals surface area (Å²) in [5, 5.41) is 15.9. The Kier molecular flexibility index (Phi) is 8.64. The van der Waals surface area contributed by atoms with E-state index in [0.717, 1.165) is 63.0 Å². The van der Waals surface area contributed by atoms with Crippen molar-refractivity contribution in [2.75, 3.05) is 17.6 Å². The monoisotopic (exact) mass is 428 g/mol. The minimum atomic E-state index is -0.868. The van der Waals surface area contributed by atoms with E-state index in [1.54, 1.807) is 6.07 Å². The highest BCUT2D eigenvalue weighted by Crippen LogP contribution is 2.20. The van der Waals surface area contributed by atoms with E-state index in [-0.39, 0.29) is 0 Å². The second kappa shape index (κ2) is 11.6. The molecule has 0 saturated carbocycles. The van der Waals surface area contributed by atoms with Gasteiger partial charge in [-0.15, -0.1) is 0 Å². The number of carbonyl (C=O) groups is 1. The number of aliphatic carboxylic acids is 1. The number of rotatable bonds is 12. The number of pyridine rings is 1. The summed E-state index contributed by atoms with van der Waals surface area (Å²) in [5.74, 6) is -0.207. The first-order valence-electron chi connectivity index (χ1n) is 11.3. The predicted molar refractivity (Wildman–Crippen MR) is 122 cm³/mol. The standard InChI is InChI=1S/C24H33FN4O2/c25-19-12-10-18(21(26)15-19)16-28-22(24(30)31)9-5-3-1-2-4-8-20-13-11-17-7-6-14-27-23(17)29-20/h10-13,15,22,28H,1-9,14,16,26H2,(H,27,29)(H,30,31)/t22-/m0/s1. The van der Waals surface area contributed by atoms with Gasteiger partial charge in [0.2, 0.25) is 0 Å². The number of halogens is 1. The van der Waals surface area contributed by atoms with Gasteiger partial charge in [-0.3, -0.25) is 4.79 Å². The molecule has 31 heavy (non-hydrogen) atoms. The second-order valence-electron chi connectivity index (χ2n) is 8.26. The maximum absolute atomic E-state index is 13.1. The summed E-state index contributed by atoms with van der Waals surface area (Å²) in [5.41, 5.74) is 9.29. The lowest BCUT2D eigenvalue weighted by molar-refractivity contribution is -0.139. The Morgan fingerprint density at radius 1 is 1.19 bits per heavy atom. The van der Waals surface area contributed by atoms with Crippen LogP contribution in [0.15, 0.2) is 30.3 Å². The predicted octanol–water partition coefficient (Wildman–Crippen LogP) is 4.29. The summed E-state index contributed by atoms with van der Waals surface area (Å²) < 4.78 is 13.1. The van der Waals surface area contributed by atoms with Crippen LogP contribution < -0.4 is 16.4 Å². The lowest BCUT2D eigenvalue weighted by atomic mass is 10.0. The molecule has 7 heteroatoms. The summed E-state index contributed by atoms with van der Waals surface area (Å²) in [6.45, 7) is 1.32. The molecule has 1 aliphatic heterocycles. The number of anilines is 2. The molecule has 2 aromatic rings. The molecule has 0 aliphatic carbocycles. The van der Waals surface area contributed by atoms with E-state index in [1.807, 2.05) is 0 Å². The third-order valence-electron chi connectivity index (χ3n) is 5.82. The van der Waals surface area contributed by atoms with Crippen LogP contribution in [0.4, 0.5) is 15.9 Å². The molecule has 0 saturated heterocycles. The van der Waals surface area contributed by atoms with Gasteiger partial charge in [-0.2, -0.15) is 0 Å². The number of unbranched alkanes of at least 4 members (excludes halogenated alkanes) is 4. The Morgan fingerprint density at radius 3 is 2.81 bits per heavy atom. The smallest absolute Gasteiger partial charge is 0.320 e. The molecule has 0 amide bonds. The van der Waals surface area contributed by atoms with Crippen LogP contribution >= 0.6 is 0 Å². The largest absolute Gasteiger partial charge is 0.480 e. The molecule has 0 spiro atoms. The molecular weight excluding hydrogens is 395 g/mol. The Morgan fingerprint density at radius 2 is 2.00 bits per heavy atom. The molecule has 0 bridgehead atoms. The van der Waals surface area contributed by atoms with Gasteiger partial charge >= 0.3 is 5.97 Å². The summed E-state index contributed by atoms with van der Waals surface area (Å²) in [4.78, 5) is 16.3. The molecular formula is C24H33FN4O2. The normalized spacial score (nSPS) is 14.0. The summed E-state index contributed by atoms with van der Waals surface area (Å²) in [6, 6.07) is 7.88. The van der Waals surface area contributed by atoms with Crippen LogP contribution in [0.3, 0.4) is 0 Å². The molecule has 1 atom stereocenters. The summed E-state index contributed by atoms with van der Waals surface area (Å²) >= 11 is 0. The van der Waals surface area contributed by atoms with Gasteiger partial charge in [-0.1, -0.05) is 37.8 Å². The van der Waals surface area contributed by atoms with Crippen molar-refractivity contribution in [1.29, 1.82) is 0 Å². The van der Waals surface area contributed by atoms with Gasteiger partial charge in [0, 0.05) is 24.5 Å². The van der Waals surface area contributed by atoms with Gasteiger partial charge in [0.15, 0.2) is 0 Å². The highest BCUT2D eigenvalue weighted by Gasteiger charge is 2.16. The number of hydrogen-bond acceptors (Lipinski definition) is 5. The number of nitrogens with zero attached hydrogens (tertiary/aromatic N) is 1. The lowest BCUT2D eigenvalue weighted by Crippen LogP contribution is -2.36. The van der Waals surface area contributed by atoms with Gasteiger partial charge in [0.1, 0.15) is 17.7 Å². The summed E-state index contributed by atoms with van der Waals surface area (Å²) in [7, 11) is 0. The van der Waals surface area contributed by atoms with Crippen molar-refractivity contribution in [3.63, 3.8) is 0 Å². The SMILES string of the molecule is Nc1cc(F)ccc1CN[C@@H](CCCCCCCc1ccc2c(n1)NCCC2)C(=O)O. The van der Waals surface area contributed by atoms with Gasteiger partial charge in [0.05, 0.1) is 0 Å². The van der Waals surface area contributed by atoms with E-state index in [9.17, 15) is 14.3 Å². The van der Waals surface area contributed by atoms with Crippen molar-refractivity contribution in [3.8, 4) is 0 Å². The number of hydrogen-bond donors (Lipinski definition) is 4. The van der Waals surface area contributed by atoms with Crippen molar-refractivity contribution in [3.05, 3.63) is 53.0 Å². The van der Waals surface area contributed by atoms with E-state index in [0.29, 0.717) is 24.2 Å². The van der Waals surface area contributed by atoms with Crippen molar-refractivity contribution in [2.24, 2.45) is 0 Å². The molecule has 0 fully saturated rings. The second-order valence-corrected chi connectivity index (χ2v) is 8.26. The maximum atomic E-state index is 13.1. The average molecular weight is 429 g/mol. The zero-order valence-corrected chi connectivity index (χ0v) is 18.0. The van der Waals surface area contributed by atoms with Crippen LogP contribution in [-0.4, -0.2) is 28.6 Å². The average Bonchev–Trinajstić information content (AvgIpc) is 2.76. The molecule has 1 aliphatic rings. The molecule has 3 rings (SSSR count). The molecule has 1 aromatic heterocycles. The third kappa shape index (κ3) is 7.21. The van der Waals surface area contributed by atoms with Crippen LogP contribution in [0.25, 0.3) is 0 Å². The number of benzene rings is 1. The highest BCUT2D eigenvalue weighted by molar-refractivity contribution is 5.73. The fourth-order valence-electron chi connectivity index (χ4n) is 3.97. The zero-order chi connectivity index (χ0) is 22.1. The fourth-order valence-corrected chi connectivity index (χ4v) is 3.97. The van der Waals surface area contributed by atoms with Crippen molar-refractivity contribution in [2.45, 2.75) is 70.4 Å². The van der Waals surface area contributed by atoms with Crippen LogP contribution in [0.2, 0.25) is 0 Å². The zero-order valence-electron chi connectivity index (χ0n) is 18.0. The molecule has 6 nitrogen and oxygen atoms in total. The number of nitrogens with one attached hydrogen (secondary N) is 2. The topological polar surface area (TPSA) is 100 Å². The number of carboxylic acid groups (broad SMARTS) is 1. The number of carboxylic acids is 1. The van der Waals surface area contributed by atoms with Crippen LogP contribution in [-0.2, 0) is 24.2 Å². The molecule has 0 radical (unpaired) electrons. The molecule has 0 unspecified atom stereocenters. The molecule has 168 valence electrons. The van der Waals surface area contributed by atoms with Crippen LogP contribution in [0, 0.1) is 5.82 Å². The van der Waals surface area contributed by atoms with Crippen molar-refractivity contribution >= 4 is 17.5 Å². The lowest BCUT2D eigenvalue weighted by Gasteiger charge is -2.17. The Hall–Kier alpha value is -2.67. The first kappa shape index (κ1) is 23.0. The Balaban J connectivity index is 1.31. The Bertz CT molecular complexity index is 875. The molecule has 1 aromatic carbocycles. The van der Waals surface area contributed by atoms with Crippen molar-refractivity contribution < 1.29 is 14.3 Å². The number of nitrogens with two attached hydrogens (primary N) is 1. The maximum Gasteiger partial charge on any atom is 0.320 e. The molecule has 5 N–H and O–H groups in total. The third-order valence-corrected chi connectivity index (χ3v) is 5.82. The van der Waals surface area contributed by atoms with Crippen LogP contribution in [0.5, 0.6) is 0 Å². The van der Waals surface area contributed by atoms with Crippen molar-refractivity contribution in [1.82, 2.24) is 10.3 Å². The first-order valence-corrected chi connectivity index (χ1v) is 11.3. The van der Waals surface area contributed by atoms with E-state index in [4.69, 9.17) is 10.7 Å². The van der Waals surface area contributed by atoms with E-state index < -0.39 is 17.8 Å². The highest BCUT2D eigenvalue weighted by atomic mass is 19.1.